The van der Waals surface area contributed by atoms with Crippen molar-refractivity contribution in [1.82, 2.24) is 14.9 Å². The average Bonchev–Trinajstić information content (AvgIpc) is 2.61. The summed E-state index contributed by atoms with van der Waals surface area (Å²) in [5.41, 5.74) is 2.19. The van der Waals surface area contributed by atoms with Gasteiger partial charge in [-0.3, -0.25) is 4.99 Å². The van der Waals surface area contributed by atoms with Gasteiger partial charge in [-0.2, -0.15) is 0 Å². The van der Waals surface area contributed by atoms with Crippen LogP contribution in [0.15, 0.2) is 23.2 Å². The molecule has 9 heteroatoms. The van der Waals surface area contributed by atoms with Crippen molar-refractivity contribution in [3.05, 3.63) is 29.3 Å². The number of aliphatic imine (C=N–C) groups is 1. The van der Waals surface area contributed by atoms with E-state index in [-0.39, 0.29) is 29.7 Å². The van der Waals surface area contributed by atoms with Gasteiger partial charge in [0.05, 0.1) is 12.9 Å². The third kappa shape index (κ3) is 8.09. The minimum absolute atomic E-state index is 0. The highest BCUT2D eigenvalue weighted by Gasteiger charge is 2.14. The van der Waals surface area contributed by atoms with Crippen molar-refractivity contribution in [2.75, 3.05) is 40.0 Å². The van der Waals surface area contributed by atoms with Gasteiger partial charge in [0.25, 0.3) is 0 Å². The summed E-state index contributed by atoms with van der Waals surface area (Å²) in [7, 11) is 1.85. The lowest BCUT2D eigenvalue weighted by Crippen LogP contribution is -2.38. The van der Waals surface area contributed by atoms with Gasteiger partial charge in [-0.15, -0.1) is 24.0 Å². The number of ether oxygens (including phenoxy) is 1. The molecule has 7 nitrogen and oxygen atoms in total. The van der Waals surface area contributed by atoms with Gasteiger partial charge in [0.1, 0.15) is 5.75 Å². The summed E-state index contributed by atoms with van der Waals surface area (Å²) in [5, 5.41) is 6.43. The predicted octanol–water partition coefficient (Wildman–Crippen LogP) is 1.96. The largest absolute Gasteiger partial charge is 0.496 e. The summed E-state index contributed by atoms with van der Waals surface area (Å²) < 4.78 is 30.2. The van der Waals surface area contributed by atoms with Crippen LogP contribution in [-0.2, 0) is 16.6 Å². The average molecular weight is 498 g/mol. The molecule has 0 bridgehead atoms. The van der Waals surface area contributed by atoms with Crippen LogP contribution in [0.4, 0.5) is 0 Å². The number of nitrogens with one attached hydrogen (secondary N) is 2. The number of hydrogen-bond donors (Lipinski definition) is 2. The van der Waals surface area contributed by atoms with Gasteiger partial charge in [0.15, 0.2) is 5.96 Å². The number of aryl methyl sites for hydroxylation is 1. The van der Waals surface area contributed by atoms with Crippen LogP contribution in [-0.4, -0.2) is 58.7 Å². The van der Waals surface area contributed by atoms with Gasteiger partial charge in [-0.25, -0.2) is 12.7 Å². The van der Waals surface area contributed by atoms with Crippen LogP contribution >= 0.6 is 24.0 Å². The predicted molar refractivity (Wildman–Crippen MR) is 118 cm³/mol. The summed E-state index contributed by atoms with van der Waals surface area (Å²) in [5.74, 6) is 1.64. The molecule has 0 fully saturated rings. The minimum Gasteiger partial charge on any atom is -0.496 e. The van der Waals surface area contributed by atoms with E-state index in [0.717, 1.165) is 16.9 Å². The lowest BCUT2D eigenvalue weighted by Gasteiger charge is -2.17. The molecule has 0 aliphatic rings. The molecule has 0 spiro atoms. The van der Waals surface area contributed by atoms with Crippen molar-refractivity contribution in [2.45, 2.75) is 26.8 Å². The van der Waals surface area contributed by atoms with Gasteiger partial charge in [-0.05, 0) is 31.9 Å². The molecule has 0 saturated heterocycles. The molecule has 0 aliphatic heterocycles. The first kappa shape index (κ1) is 24.9. The van der Waals surface area contributed by atoms with Crippen molar-refractivity contribution in [3.8, 4) is 5.75 Å². The molecule has 0 unspecified atom stereocenters. The normalized spacial score (nSPS) is 11.8. The van der Waals surface area contributed by atoms with Gasteiger partial charge in [-0.1, -0.05) is 12.1 Å². The Morgan fingerprint density at radius 1 is 1.31 bits per heavy atom. The Morgan fingerprint density at radius 2 is 2.00 bits per heavy atom. The fourth-order valence-electron chi connectivity index (χ4n) is 2.27. The topological polar surface area (TPSA) is 83.0 Å². The summed E-state index contributed by atoms with van der Waals surface area (Å²) >= 11 is 0. The van der Waals surface area contributed by atoms with E-state index in [2.05, 4.69) is 15.6 Å². The molecular weight excluding hydrogens is 467 g/mol. The van der Waals surface area contributed by atoms with Crippen LogP contribution in [0.5, 0.6) is 5.75 Å². The second-order valence-corrected chi connectivity index (χ2v) is 8.11. The minimum atomic E-state index is -3.12. The summed E-state index contributed by atoms with van der Waals surface area (Å²) in [4.78, 5) is 4.18. The van der Waals surface area contributed by atoms with Crippen molar-refractivity contribution < 1.29 is 13.2 Å². The molecule has 0 heterocycles. The van der Waals surface area contributed by atoms with E-state index in [0.29, 0.717) is 32.0 Å². The maximum atomic E-state index is 11.7. The number of halogens is 1. The van der Waals surface area contributed by atoms with E-state index >= 15 is 0 Å². The molecule has 0 aliphatic carbocycles. The second kappa shape index (κ2) is 12.3. The molecule has 0 saturated carbocycles. The van der Waals surface area contributed by atoms with E-state index < -0.39 is 10.0 Å². The highest BCUT2D eigenvalue weighted by atomic mass is 127. The molecule has 1 aromatic carbocycles. The molecule has 2 N–H and O–H groups in total. The van der Waals surface area contributed by atoms with E-state index in [4.69, 9.17) is 4.74 Å². The number of rotatable bonds is 9. The lowest BCUT2D eigenvalue weighted by atomic mass is 10.1. The van der Waals surface area contributed by atoms with Gasteiger partial charge < -0.3 is 15.4 Å². The Morgan fingerprint density at radius 3 is 2.58 bits per heavy atom. The maximum absolute atomic E-state index is 11.7. The van der Waals surface area contributed by atoms with Gasteiger partial charge >= 0.3 is 0 Å². The first-order valence-corrected chi connectivity index (χ1v) is 9.97. The van der Waals surface area contributed by atoms with Gasteiger partial charge in [0, 0.05) is 39.3 Å². The summed E-state index contributed by atoms with van der Waals surface area (Å²) in [6.45, 7) is 5.37. The molecule has 0 amide bonds. The molecule has 1 aromatic rings. The Kier molecular flexibility index (Phi) is 11.8. The van der Waals surface area contributed by atoms with Crippen LogP contribution < -0.4 is 15.4 Å². The van der Waals surface area contributed by atoms with Crippen molar-refractivity contribution >= 4 is 40.0 Å². The van der Waals surface area contributed by atoms with E-state index in [9.17, 15) is 8.42 Å². The first-order valence-electron chi connectivity index (χ1n) is 8.36. The standard InChI is InChI=1S/C17H30N4O3S.HI/c1-6-25(22,23)21(4)11-7-10-19-17(18-3)20-13-15-9-8-14(2)12-16(15)24-5;/h8-9,12H,6-7,10-11,13H2,1-5H3,(H2,18,19,20);1H. The molecule has 0 atom stereocenters. The monoisotopic (exact) mass is 498 g/mol. The zero-order valence-electron chi connectivity index (χ0n) is 16.2. The fourth-order valence-corrected chi connectivity index (χ4v) is 3.11. The number of nitrogens with zero attached hydrogens (tertiary/aromatic N) is 2. The van der Waals surface area contributed by atoms with E-state index in [1.165, 1.54) is 4.31 Å². The van der Waals surface area contributed by atoms with Gasteiger partial charge in [0.2, 0.25) is 10.0 Å². The van der Waals surface area contributed by atoms with Crippen molar-refractivity contribution in [2.24, 2.45) is 4.99 Å². The third-order valence-electron chi connectivity index (χ3n) is 3.89. The van der Waals surface area contributed by atoms with Crippen LogP contribution in [0.2, 0.25) is 0 Å². The van der Waals surface area contributed by atoms with E-state index in [1.54, 1.807) is 28.1 Å². The van der Waals surface area contributed by atoms with Crippen molar-refractivity contribution in [3.63, 3.8) is 0 Å². The molecule has 1 rings (SSSR count). The molecule has 0 radical (unpaired) electrons. The maximum Gasteiger partial charge on any atom is 0.213 e. The number of methoxy groups -OCH3 is 1. The third-order valence-corrected chi connectivity index (χ3v) is 5.76. The lowest BCUT2D eigenvalue weighted by molar-refractivity contribution is 0.408. The first-order chi connectivity index (χ1) is 11.8. The number of sulfonamides is 1. The Balaban J connectivity index is 0.00000625. The van der Waals surface area contributed by atoms with Crippen LogP contribution in [0, 0.1) is 6.92 Å². The Hall–Kier alpha value is -1.07. The number of guanidine groups is 1. The Bertz CT molecular complexity index is 681. The smallest absolute Gasteiger partial charge is 0.213 e. The Labute approximate surface area is 174 Å². The van der Waals surface area contributed by atoms with E-state index in [1.807, 2.05) is 25.1 Å². The number of hydrogen-bond acceptors (Lipinski definition) is 4. The zero-order valence-corrected chi connectivity index (χ0v) is 19.4. The van der Waals surface area contributed by atoms with Crippen LogP contribution in [0.3, 0.4) is 0 Å². The molecular formula is C17H31IN4O3S. The molecule has 26 heavy (non-hydrogen) atoms. The van der Waals surface area contributed by atoms with Crippen LogP contribution in [0.1, 0.15) is 24.5 Å². The number of benzene rings is 1. The quantitative estimate of drug-likeness (QED) is 0.236. The molecule has 150 valence electrons. The highest BCUT2D eigenvalue weighted by molar-refractivity contribution is 14.0. The summed E-state index contributed by atoms with van der Waals surface area (Å²) in [6, 6.07) is 6.07. The fraction of sp³-hybridized carbons (Fsp3) is 0.588. The van der Waals surface area contributed by atoms with Crippen LogP contribution in [0.25, 0.3) is 0 Å². The SMILES string of the molecule is CCS(=O)(=O)N(C)CCCNC(=NC)NCc1ccc(C)cc1OC.I. The van der Waals surface area contributed by atoms with Crippen molar-refractivity contribution in [1.29, 1.82) is 0 Å². The highest BCUT2D eigenvalue weighted by Crippen LogP contribution is 2.19. The summed E-state index contributed by atoms with van der Waals surface area (Å²) in [6.07, 6.45) is 0.699. The molecule has 0 aromatic heterocycles. The second-order valence-electron chi connectivity index (χ2n) is 5.74. The zero-order chi connectivity index (χ0) is 18.9.